The molecule has 1 unspecified atom stereocenters. The molecule has 0 saturated carbocycles. The van der Waals surface area contributed by atoms with Crippen LogP contribution in [0.1, 0.15) is 24.9 Å². The molecular formula is C13H15NO3. The van der Waals surface area contributed by atoms with Gasteiger partial charge >= 0.3 is 5.97 Å². The van der Waals surface area contributed by atoms with Gasteiger partial charge in [0.1, 0.15) is 5.57 Å². The molecule has 1 aromatic rings. The van der Waals surface area contributed by atoms with Gasteiger partial charge in [-0.05, 0) is 12.0 Å². The first kappa shape index (κ1) is 13.0. The molecule has 0 saturated heterocycles. The van der Waals surface area contributed by atoms with Gasteiger partial charge in [-0.3, -0.25) is 4.79 Å². The minimum atomic E-state index is -1.30. The summed E-state index contributed by atoms with van der Waals surface area (Å²) in [5.74, 6) is -1.95. The van der Waals surface area contributed by atoms with Crippen LogP contribution in [0.15, 0.2) is 42.5 Å². The third-order valence-corrected chi connectivity index (χ3v) is 2.45. The van der Waals surface area contributed by atoms with E-state index in [1.165, 1.54) is 0 Å². The number of carbonyl (C=O) groups excluding carboxylic acids is 1. The molecule has 17 heavy (non-hydrogen) atoms. The molecule has 0 radical (unpaired) electrons. The van der Waals surface area contributed by atoms with Crippen molar-refractivity contribution in [2.75, 3.05) is 0 Å². The Morgan fingerprint density at radius 1 is 1.35 bits per heavy atom. The molecule has 1 atom stereocenters. The van der Waals surface area contributed by atoms with E-state index in [0.29, 0.717) is 6.42 Å². The third kappa shape index (κ3) is 3.45. The lowest BCUT2D eigenvalue weighted by Gasteiger charge is -2.17. The Morgan fingerprint density at radius 3 is 2.41 bits per heavy atom. The largest absolute Gasteiger partial charge is 0.478 e. The molecular weight excluding hydrogens is 218 g/mol. The number of nitrogens with one attached hydrogen (secondary N) is 1. The van der Waals surface area contributed by atoms with Crippen LogP contribution in [0.3, 0.4) is 0 Å². The van der Waals surface area contributed by atoms with Crippen molar-refractivity contribution in [3.63, 3.8) is 0 Å². The van der Waals surface area contributed by atoms with Gasteiger partial charge in [0, 0.05) is 0 Å². The minimum Gasteiger partial charge on any atom is -0.478 e. The Morgan fingerprint density at radius 2 is 1.94 bits per heavy atom. The fraction of sp³-hybridized carbons (Fsp3) is 0.231. The smallest absolute Gasteiger partial charge is 0.340 e. The van der Waals surface area contributed by atoms with Crippen molar-refractivity contribution in [2.24, 2.45) is 0 Å². The maximum Gasteiger partial charge on any atom is 0.340 e. The van der Waals surface area contributed by atoms with Crippen LogP contribution in [-0.4, -0.2) is 17.0 Å². The maximum atomic E-state index is 11.5. The highest BCUT2D eigenvalue weighted by molar-refractivity contribution is 6.15. The first-order chi connectivity index (χ1) is 8.06. The van der Waals surface area contributed by atoms with Crippen LogP contribution in [0.2, 0.25) is 0 Å². The molecule has 0 bridgehead atoms. The maximum absolute atomic E-state index is 11.5. The van der Waals surface area contributed by atoms with Gasteiger partial charge in [-0.25, -0.2) is 4.79 Å². The Labute approximate surface area is 100.0 Å². The zero-order valence-corrected chi connectivity index (χ0v) is 9.64. The highest BCUT2D eigenvalue weighted by atomic mass is 16.4. The number of carbonyl (C=O) groups is 2. The summed E-state index contributed by atoms with van der Waals surface area (Å²) in [6, 6.07) is 9.20. The molecule has 0 aliphatic carbocycles. The molecule has 1 rings (SSSR count). The summed E-state index contributed by atoms with van der Waals surface area (Å²) in [7, 11) is 0. The molecule has 0 spiro atoms. The molecule has 0 fully saturated rings. The second-order valence-electron chi connectivity index (χ2n) is 3.63. The zero-order chi connectivity index (χ0) is 12.8. The SMILES string of the molecule is C=C(C(=O)O)C(=O)NC(CC)c1ccccc1. The number of rotatable bonds is 5. The van der Waals surface area contributed by atoms with Gasteiger partial charge in [0.05, 0.1) is 6.04 Å². The lowest BCUT2D eigenvalue weighted by atomic mass is 10.0. The highest BCUT2D eigenvalue weighted by Gasteiger charge is 2.18. The van der Waals surface area contributed by atoms with E-state index < -0.39 is 17.4 Å². The Bertz CT molecular complexity index is 426. The van der Waals surface area contributed by atoms with Crippen LogP contribution in [0, 0.1) is 0 Å². The summed E-state index contributed by atoms with van der Waals surface area (Å²) in [5, 5.41) is 11.3. The zero-order valence-electron chi connectivity index (χ0n) is 9.64. The summed E-state index contributed by atoms with van der Waals surface area (Å²) in [6.07, 6.45) is 0.683. The van der Waals surface area contributed by atoms with Gasteiger partial charge in [-0.1, -0.05) is 43.8 Å². The molecule has 1 amide bonds. The topological polar surface area (TPSA) is 66.4 Å². The minimum absolute atomic E-state index is 0.195. The highest BCUT2D eigenvalue weighted by Crippen LogP contribution is 2.16. The standard InChI is InChI=1S/C13H15NO3/c1-3-11(10-7-5-4-6-8-10)14-12(15)9(2)13(16)17/h4-8,11H,2-3H2,1H3,(H,14,15)(H,16,17). The van der Waals surface area contributed by atoms with E-state index in [1.807, 2.05) is 37.3 Å². The van der Waals surface area contributed by atoms with Crippen molar-refractivity contribution >= 4 is 11.9 Å². The molecule has 0 aliphatic heterocycles. The quantitative estimate of drug-likeness (QED) is 0.463. The fourth-order valence-corrected chi connectivity index (χ4v) is 1.45. The average Bonchev–Trinajstić information content (AvgIpc) is 2.35. The molecule has 4 nitrogen and oxygen atoms in total. The summed E-state index contributed by atoms with van der Waals surface area (Å²) in [5.41, 5.74) is 0.501. The summed E-state index contributed by atoms with van der Waals surface area (Å²) < 4.78 is 0. The van der Waals surface area contributed by atoms with Crippen molar-refractivity contribution in [3.8, 4) is 0 Å². The van der Waals surface area contributed by atoms with Crippen LogP contribution in [0.5, 0.6) is 0 Å². The Balaban J connectivity index is 2.75. The molecule has 0 aromatic heterocycles. The number of hydrogen-bond acceptors (Lipinski definition) is 2. The second kappa shape index (κ2) is 5.84. The number of hydrogen-bond donors (Lipinski definition) is 2. The van der Waals surface area contributed by atoms with Crippen LogP contribution < -0.4 is 5.32 Å². The van der Waals surface area contributed by atoms with E-state index in [2.05, 4.69) is 11.9 Å². The number of benzene rings is 1. The summed E-state index contributed by atoms with van der Waals surface area (Å²) >= 11 is 0. The third-order valence-electron chi connectivity index (χ3n) is 2.45. The van der Waals surface area contributed by atoms with E-state index in [1.54, 1.807) is 0 Å². The van der Waals surface area contributed by atoms with Crippen LogP contribution in [0.4, 0.5) is 0 Å². The van der Waals surface area contributed by atoms with E-state index in [9.17, 15) is 9.59 Å². The van der Waals surface area contributed by atoms with Crippen molar-refractivity contribution in [3.05, 3.63) is 48.0 Å². The number of carboxylic acids is 1. The normalized spacial score (nSPS) is 11.6. The molecule has 2 N–H and O–H groups in total. The van der Waals surface area contributed by atoms with Gasteiger partial charge in [-0.15, -0.1) is 0 Å². The number of amides is 1. The van der Waals surface area contributed by atoms with E-state index >= 15 is 0 Å². The summed E-state index contributed by atoms with van der Waals surface area (Å²) in [4.78, 5) is 22.1. The number of carboxylic acid groups (broad SMARTS) is 1. The molecule has 0 heterocycles. The van der Waals surface area contributed by atoms with Crippen molar-refractivity contribution in [1.29, 1.82) is 0 Å². The first-order valence-electron chi connectivity index (χ1n) is 5.34. The number of aliphatic carboxylic acids is 1. The Kier molecular flexibility index (Phi) is 4.46. The van der Waals surface area contributed by atoms with Crippen molar-refractivity contribution in [1.82, 2.24) is 5.32 Å². The van der Waals surface area contributed by atoms with E-state index in [-0.39, 0.29) is 6.04 Å². The first-order valence-corrected chi connectivity index (χ1v) is 5.34. The van der Waals surface area contributed by atoms with Crippen molar-refractivity contribution < 1.29 is 14.7 Å². The molecule has 0 aliphatic rings. The van der Waals surface area contributed by atoms with Crippen LogP contribution in [-0.2, 0) is 9.59 Å². The van der Waals surface area contributed by atoms with Gasteiger partial charge in [0.25, 0.3) is 5.91 Å². The lowest BCUT2D eigenvalue weighted by Crippen LogP contribution is -2.31. The summed E-state index contributed by atoms with van der Waals surface area (Å²) in [6.45, 7) is 5.14. The average molecular weight is 233 g/mol. The lowest BCUT2D eigenvalue weighted by molar-refractivity contribution is -0.135. The van der Waals surface area contributed by atoms with Crippen molar-refractivity contribution in [2.45, 2.75) is 19.4 Å². The van der Waals surface area contributed by atoms with E-state index in [0.717, 1.165) is 5.56 Å². The van der Waals surface area contributed by atoms with E-state index in [4.69, 9.17) is 5.11 Å². The predicted octanol–water partition coefficient (Wildman–Crippen LogP) is 1.89. The fourth-order valence-electron chi connectivity index (χ4n) is 1.45. The monoisotopic (exact) mass is 233 g/mol. The molecule has 4 heteroatoms. The predicted molar refractivity (Wildman–Crippen MR) is 64.4 cm³/mol. The molecule has 1 aromatic carbocycles. The van der Waals surface area contributed by atoms with Crippen LogP contribution in [0.25, 0.3) is 0 Å². The van der Waals surface area contributed by atoms with Gasteiger partial charge < -0.3 is 10.4 Å². The van der Waals surface area contributed by atoms with Gasteiger partial charge in [0.15, 0.2) is 0 Å². The van der Waals surface area contributed by atoms with Gasteiger partial charge in [0.2, 0.25) is 0 Å². The van der Waals surface area contributed by atoms with Gasteiger partial charge in [-0.2, -0.15) is 0 Å². The second-order valence-corrected chi connectivity index (χ2v) is 3.63. The Hall–Kier alpha value is -2.10. The van der Waals surface area contributed by atoms with Crippen LogP contribution >= 0.6 is 0 Å². The molecule has 90 valence electrons.